The zero-order chi connectivity index (χ0) is 10.1. The minimum Gasteiger partial charge on any atom is -0.338 e. The van der Waals surface area contributed by atoms with E-state index in [0.717, 1.165) is 19.5 Å². The van der Waals surface area contributed by atoms with Crippen molar-refractivity contribution in [2.75, 3.05) is 13.1 Å². The van der Waals surface area contributed by atoms with Gasteiger partial charge in [-0.1, -0.05) is 13.8 Å². The van der Waals surface area contributed by atoms with E-state index in [1.54, 1.807) is 0 Å². The van der Waals surface area contributed by atoms with Crippen molar-refractivity contribution in [3.8, 4) is 0 Å². The van der Waals surface area contributed by atoms with E-state index in [1.165, 1.54) is 12.8 Å². The maximum atomic E-state index is 12.0. The number of rotatable bonds is 2. The number of carbonyl (C=O) groups is 1. The monoisotopic (exact) mass is 196 g/mol. The molecule has 1 N–H and O–H groups in total. The van der Waals surface area contributed by atoms with Crippen molar-refractivity contribution < 1.29 is 4.79 Å². The van der Waals surface area contributed by atoms with Gasteiger partial charge in [0.25, 0.3) is 0 Å². The Labute approximate surface area is 85.8 Å². The predicted octanol–water partition coefficient (Wildman–Crippen LogP) is 0.995. The van der Waals surface area contributed by atoms with Gasteiger partial charge in [-0.3, -0.25) is 4.79 Å². The molecule has 2 fully saturated rings. The fourth-order valence-electron chi connectivity index (χ4n) is 2.46. The van der Waals surface area contributed by atoms with Gasteiger partial charge in [-0.05, 0) is 31.7 Å². The fraction of sp³-hybridized carbons (Fsp3) is 0.909. The third-order valence-corrected chi connectivity index (χ3v) is 3.47. The van der Waals surface area contributed by atoms with E-state index in [-0.39, 0.29) is 6.04 Å². The van der Waals surface area contributed by atoms with Gasteiger partial charge in [-0.25, -0.2) is 0 Å². The molecule has 0 radical (unpaired) electrons. The SMILES string of the molecule is CC(C)C1CCCN1C(=O)[C@H]1CCN1. The lowest BCUT2D eigenvalue weighted by molar-refractivity contribution is -0.136. The van der Waals surface area contributed by atoms with Crippen molar-refractivity contribution in [1.29, 1.82) is 0 Å². The molecule has 1 unspecified atom stereocenters. The van der Waals surface area contributed by atoms with Gasteiger partial charge in [0.2, 0.25) is 5.91 Å². The molecule has 2 heterocycles. The Morgan fingerprint density at radius 2 is 2.14 bits per heavy atom. The van der Waals surface area contributed by atoms with Gasteiger partial charge >= 0.3 is 0 Å². The van der Waals surface area contributed by atoms with Crippen molar-refractivity contribution in [3.63, 3.8) is 0 Å². The Morgan fingerprint density at radius 1 is 1.43 bits per heavy atom. The highest BCUT2D eigenvalue weighted by Gasteiger charge is 2.36. The lowest BCUT2D eigenvalue weighted by Crippen LogP contribution is -2.56. The first-order valence-corrected chi connectivity index (χ1v) is 5.74. The van der Waals surface area contributed by atoms with Gasteiger partial charge in [-0.2, -0.15) is 0 Å². The van der Waals surface area contributed by atoms with Crippen LogP contribution in [-0.2, 0) is 4.79 Å². The molecule has 1 amide bonds. The quantitative estimate of drug-likeness (QED) is 0.714. The van der Waals surface area contributed by atoms with E-state index in [9.17, 15) is 4.79 Å². The molecule has 2 aliphatic rings. The van der Waals surface area contributed by atoms with E-state index in [2.05, 4.69) is 24.1 Å². The first-order valence-electron chi connectivity index (χ1n) is 5.74. The van der Waals surface area contributed by atoms with Crippen molar-refractivity contribution in [2.45, 2.75) is 45.2 Å². The fourth-order valence-corrected chi connectivity index (χ4v) is 2.46. The van der Waals surface area contributed by atoms with Crippen LogP contribution in [0.5, 0.6) is 0 Å². The zero-order valence-electron chi connectivity index (χ0n) is 9.12. The summed E-state index contributed by atoms with van der Waals surface area (Å²) >= 11 is 0. The summed E-state index contributed by atoms with van der Waals surface area (Å²) in [5, 5.41) is 3.19. The number of hydrogen-bond donors (Lipinski definition) is 1. The molecule has 0 saturated carbocycles. The zero-order valence-corrected chi connectivity index (χ0v) is 9.12. The highest BCUT2D eigenvalue weighted by molar-refractivity contribution is 5.83. The Balaban J connectivity index is 1.97. The molecule has 2 atom stereocenters. The highest BCUT2D eigenvalue weighted by atomic mass is 16.2. The number of hydrogen-bond acceptors (Lipinski definition) is 2. The summed E-state index contributed by atoms with van der Waals surface area (Å²) < 4.78 is 0. The van der Waals surface area contributed by atoms with E-state index in [4.69, 9.17) is 0 Å². The van der Waals surface area contributed by atoms with Gasteiger partial charge in [0.1, 0.15) is 0 Å². The van der Waals surface area contributed by atoms with Crippen LogP contribution in [0.4, 0.5) is 0 Å². The highest BCUT2D eigenvalue weighted by Crippen LogP contribution is 2.25. The van der Waals surface area contributed by atoms with Crippen molar-refractivity contribution >= 4 is 5.91 Å². The van der Waals surface area contributed by atoms with Crippen molar-refractivity contribution in [3.05, 3.63) is 0 Å². The smallest absolute Gasteiger partial charge is 0.240 e. The third kappa shape index (κ3) is 1.65. The van der Waals surface area contributed by atoms with Crippen LogP contribution in [0.15, 0.2) is 0 Å². The maximum absolute atomic E-state index is 12.0. The molecule has 3 nitrogen and oxygen atoms in total. The Bertz CT molecular complexity index is 223. The topological polar surface area (TPSA) is 32.3 Å². The van der Waals surface area contributed by atoms with Crippen molar-refractivity contribution in [1.82, 2.24) is 10.2 Å². The van der Waals surface area contributed by atoms with E-state index in [1.807, 2.05) is 0 Å². The second-order valence-corrected chi connectivity index (χ2v) is 4.78. The lowest BCUT2D eigenvalue weighted by atomic mass is 10.00. The normalized spacial score (nSPS) is 32.1. The summed E-state index contributed by atoms with van der Waals surface area (Å²) in [6.45, 7) is 6.41. The summed E-state index contributed by atoms with van der Waals surface area (Å²) in [7, 11) is 0. The molecule has 0 spiro atoms. The number of likely N-dealkylation sites (tertiary alicyclic amines) is 1. The predicted molar refractivity (Wildman–Crippen MR) is 56.0 cm³/mol. The number of nitrogens with one attached hydrogen (secondary N) is 1. The van der Waals surface area contributed by atoms with Crippen LogP contribution in [0.1, 0.15) is 33.1 Å². The summed E-state index contributed by atoms with van der Waals surface area (Å²) in [6.07, 6.45) is 3.40. The lowest BCUT2D eigenvalue weighted by Gasteiger charge is -2.35. The van der Waals surface area contributed by atoms with Crippen LogP contribution in [0.3, 0.4) is 0 Å². The Morgan fingerprint density at radius 3 is 2.64 bits per heavy atom. The van der Waals surface area contributed by atoms with Gasteiger partial charge in [0.05, 0.1) is 6.04 Å². The number of amides is 1. The molecule has 0 aromatic rings. The number of nitrogens with zero attached hydrogens (tertiary/aromatic N) is 1. The molecular weight excluding hydrogens is 176 g/mol. The summed E-state index contributed by atoms with van der Waals surface area (Å²) in [5.41, 5.74) is 0. The van der Waals surface area contributed by atoms with Crippen LogP contribution >= 0.6 is 0 Å². The molecule has 2 saturated heterocycles. The number of carbonyl (C=O) groups excluding carboxylic acids is 1. The molecular formula is C11H20N2O. The van der Waals surface area contributed by atoms with Crippen LogP contribution in [-0.4, -0.2) is 36.0 Å². The third-order valence-electron chi connectivity index (χ3n) is 3.47. The minimum atomic E-state index is 0.134. The summed E-state index contributed by atoms with van der Waals surface area (Å²) in [5.74, 6) is 0.939. The first kappa shape index (κ1) is 9.97. The maximum Gasteiger partial charge on any atom is 0.240 e. The summed E-state index contributed by atoms with van der Waals surface area (Å²) in [6, 6.07) is 0.624. The molecule has 14 heavy (non-hydrogen) atoms. The van der Waals surface area contributed by atoms with Crippen LogP contribution in [0.25, 0.3) is 0 Å². The Kier molecular flexibility index (Phi) is 2.77. The van der Waals surface area contributed by atoms with Gasteiger partial charge in [0.15, 0.2) is 0 Å². The molecule has 2 aliphatic heterocycles. The molecule has 3 heteroatoms. The molecule has 0 aliphatic carbocycles. The van der Waals surface area contributed by atoms with Gasteiger partial charge < -0.3 is 10.2 Å². The van der Waals surface area contributed by atoms with Gasteiger partial charge in [0, 0.05) is 12.6 Å². The average molecular weight is 196 g/mol. The first-order chi connectivity index (χ1) is 6.70. The van der Waals surface area contributed by atoms with Crippen molar-refractivity contribution in [2.24, 2.45) is 5.92 Å². The summed E-state index contributed by atoms with van der Waals surface area (Å²) in [4.78, 5) is 14.1. The average Bonchev–Trinajstić information content (AvgIpc) is 2.47. The van der Waals surface area contributed by atoms with Gasteiger partial charge in [-0.15, -0.1) is 0 Å². The van der Waals surface area contributed by atoms with Crippen LogP contribution in [0, 0.1) is 5.92 Å². The molecule has 0 aromatic heterocycles. The van der Waals surface area contributed by atoms with E-state index >= 15 is 0 Å². The minimum absolute atomic E-state index is 0.134. The van der Waals surface area contributed by atoms with Crippen LogP contribution < -0.4 is 5.32 Å². The standard InChI is InChI=1S/C11H20N2O/c1-8(2)10-4-3-7-13(10)11(14)9-5-6-12-9/h8-10,12H,3-7H2,1-2H3/t9-,10?/m1/s1. The van der Waals surface area contributed by atoms with E-state index < -0.39 is 0 Å². The molecule has 80 valence electrons. The molecule has 0 bridgehead atoms. The Hall–Kier alpha value is -0.570. The van der Waals surface area contributed by atoms with Crippen LogP contribution in [0.2, 0.25) is 0 Å². The molecule has 0 aromatic carbocycles. The second-order valence-electron chi connectivity index (χ2n) is 4.78. The largest absolute Gasteiger partial charge is 0.338 e. The van der Waals surface area contributed by atoms with E-state index in [0.29, 0.717) is 17.9 Å². The second kappa shape index (κ2) is 3.89. The molecule has 2 rings (SSSR count).